The molecule has 2 aromatic rings. The molecule has 0 saturated heterocycles. The van der Waals surface area contributed by atoms with Gasteiger partial charge in [-0.2, -0.15) is 0 Å². The Morgan fingerprint density at radius 3 is 1.50 bits per heavy atom. The molecule has 0 spiro atoms. The molecule has 30 heavy (non-hydrogen) atoms. The number of nitrogens with zero attached hydrogens (tertiary/aromatic N) is 5. The van der Waals surface area contributed by atoms with Crippen LogP contribution in [0.1, 0.15) is 30.9 Å². The molecular formula is C17H13N5O8. The molecule has 1 aliphatic rings. The Kier molecular flexibility index (Phi) is 5.19. The van der Waals surface area contributed by atoms with Crippen molar-refractivity contribution < 1.29 is 19.7 Å². The Morgan fingerprint density at radius 1 is 0.733 bits per heavy atom. The summed E-state index contributed by atoms with van der Waals surface area (Å²) < 4.78 is 0. The number of benzene rings is 2. The molecule has 0 unspecified atom stereocenters. The zero-order chi connectivity index (χ0) is 22.2. The van der Waals surface area contributed by atoms with Crippen LogP contribution in [0.15, 0.2) is 29.3 Å². The minimum atomic E-state index is -0.879. The summed E-state index contributed by atoms with van der Waals surface area (Å²) >= 11 is 0. The zero-order valence-corrected chi connectivity index (χ0v) is 15.4. The fourth-order valence-corrected chi connectivity index (χ4v) is 3.29. The van der Waals surface area contributed by atoms with Crippen LogP contribution < -0.4 is 0 Å². The van der Waals surface area contributed by atoms with E-state index in [0.717, 1.165) is 18.6 Å². The summed E-state index contributed by atoms with van der Waals surface area (Å²) in [5.74, 6) is 0. The summed E-state index contributed by atoms with van der Waals surface area (Å²) in [7, 11) is 0. The molecule has 0 N–H and O–H groups in total. The van der Waals surface area contributed by atoms with E-state index in [4.69, 9.17) is 0 Å². The SMILES string of the molecule is CCCCN=C1c2cc([N+](=O)[O-])cc([N+](=O)[O-])c2-c2c1cc([N+](=O)[O-])cc2[N+](=O)[O-]. The lowest BCUT2D eigenvalue weighted by atomic mass is 10.0. The number of hydrogen-bond acceptors (Lipinski definition) is 9. The van der Waals surface area contributed by atoms with Crippen molar-refractivity contribution in [1.29, 1.82) is 0 Å². The highest BCUT2D eigenvalue weighted by atomic mass is 16.6. The lowest BCUT2D eigenvalue weighted by molar-refractivity contribution is -0.395. The van der Waals surface area contributed by atoms with Gasteiger partial charge in [0.2, 0.25) is 0 Å². The predicted molar refractivity (Wildman–Crippen MR) is 104 cm³/mol. The van der Waals surface area contributed by atoms with Crippen molar-refractivity contribution >= 4 is 28.5 Å². The normalized spacial score (nSPS) is 11.6. The van der Waals surface area contributed by atoms with Gasteiger partial charge in [-0.25, -0.2) is 0 Å². The summed E-state index contributed by atoms with van der Waals surface area (Å²) in [6, 6.07) is 3.51. The number of hydrogen-bond donors (Lipinski definition) is 0. The van der Waals surface area contributed by atoms with E-state index >= 15 is 0 Å². The first-order chi connectivity index (χ1) is 14.2. The highest BCUT2D eigenvalue weighted by Gasteiger charge is 2.41. The van der Waals surface area contributed by atoms with Crippen LogP contribution in [0.3, 0.4) is 0 Å². The molecule has 0 saturated carbocycles. The van der Waals surface area contributed by atoms with E-state index in [1.807, 2.05) is 6.92 Å². The number of unbranched alkanes of at least 4 members (excludes halogenated alkanes) is 1. The third-order valence-corrected chi connectivity index (χ3v) is 4.56. The first-order valence-corrected chi connectivity index (χ1v) is 8.66. The van der Waals surface area contributed by atoms with Crippen molar-refractivity contribution in [2.75, 3.05) is 6.54 Å². The third kappa shape index (κ3) is 3.32. The van der Waals surface area contributed by atoms with Gasteiger partial charge < -0.3 is 0 Å². The van der Waals surface area contributed by atoms with E-state index in [1.54, 1.807) is 0 Å². The minimum Gasteiger partial charge on any atom is -0.284 e. The van der Waals surface area contributed by atoms with Gasteiger partial charge in [0.05, 0.1) is 48.7 Å². The van der Waals surface area contributed by atoms with Gasteiger partial charge in [0.1, 0.15) is 0 Å². The van der Waals surface area contributed by atoms with Crippen LogP contribution in [0.25, 0.3) is 11.1 Å². The van der Waals surface area contributed by atoms with Crippen molar-refractivity contribution in [1.82, 2.24) is 0 Å². The van der Waals surface area contributed by atoms with Crippen molar-refractivity contribution in [3.8, 4) is 11.1 Å². The molecule has 13 heteroatoms. The standard InChI is InChI=1S/C17H13N5O8/c1-2-3-4-18-17-11-5-9(19(23)24)7-13(21(27)28)15(11)16-12(17)6-10(20(25)26)8-14(16)22(29)30/h5-8H,2-4H2,1H3. The molecule has 13 nitrogen and oxygen atoms in total. The van der Waals surface area contributed by atoms with Crippen molar-refractivity contribution in [3.63, 3.8) is 0 Å². The first-order valence-electron chi connectivity index (χ1n) is 8.66. The van der Waals surface area contributed by atoms with Gasteiger partial charge >= 0.3 is 0 Å². The van der Waals surface area contributed by atoms with Crippen LogP contribution in [0.2, 0.25) is 0 Å². The molecule has 0 atom stereocenters. The first kappa shape index (κ1) is 20.4. The molecule has 0 bridgehead atoms. The molecule has 0 amide bonds. The van der Waals surface area contributed by atoms with E-state index < -0.39 is 42.4 Å². The van der Waals surface area contributed by atoms with Crippen LogP contribution >= 0.6 is 0 Å². The summed E-state index contributed by atoms with van der Waals surface area (Å²) in [5, 5.41) is 45.8. The lowest BCUT2D eigenvalue weighted by Gasteiger charge is -2.03. The molecule has 154 valence electrons. The van der Waals surface area contributed by atoms with Gasteiger partial charge in [0.15, 0.2) is 0 Å². The average molecular weight is 415 g/mol. The Balaban J connectivity index is 2.48. The van der Waals surface area contributed by atoms with Crippen LogP contribution in [0.4, 0.5) is 22.7 Å². The Bertz CT molecular complexity index is 1070. The maximum Gasteiger partial charge on any atom is 0.285 e. The van der Waals surface area contributed by atoms with Gasteiger partial charge in [-0.3, -0.25) is 45.4 Å². The summed E-state index contributed by atoms with van der Waals surface area (Å²) in [6.45, 7) is 2.12. The van der Waals surface area contributed by atoms with E-state index in [9.17, 15) is 40.5 Å². The monoisotopic (exact) mass is 415 g/mol. The highest BCUT2D eigenvalue weighted by molar-refractivity contribution is 6.27. The Morgan fingerprint density at radius 2 is 1.17 bits per heavy atom. The fraction of sp³-hybridized carbons (Fsp3) is 0.235. The highest BCUT2D eigenvalue weighted by Crippen LogP contribution is 2.50. The third-order valence-electron chi connectivity index (χ3n) is 4.56. The molecule has 0 aromatic heterocycles. The number of nitro benzene ring substituents is 4. The molecule has 0 heterocycles. The second kappa shape index (κ2) is 7.62. The number of aliphatic imine (C=N–C) groups is 1. The van der Waals surface area contributed by atoms with Crippen molar-refractivity contribution in [3.05, 3.63) is 75.8 Å². The molecule has 2 aromatic carbocycles. The largest absolute Gasteiger partial charge is 0.285 e. The summed E-state index contributed by atoms with van der Waals surface area (Å²) in [4.78, 5) is 46.7. The van der Waals surface area contributed by atoms with Gasteiger partial charge in [-0.1, -0.05) is 13.3 Å². The van der Waals surface area contributed by atoms with Crippen LogP contribution in [-0.2, 0) is 0 Å². The van der Waals surface area contributed by atoms with E-state index in [-0.39, 0.29) is 34.5 Å². The summed E-state index contributed by atoms with van der Waals surface area (Å²) in [5.41, 5.74) is -3.07. The number of nitro groups is 4. The quantitative estimate of drug-likeness (QED) is 0.315. The molecule has 1 aliphatic carbocycles. The Labute approximate surface area is 167 Å². The zero-order valence-electron chi connectivity index (χ0n) is 15.4. The minimum absolute atomic E-state index is 0.0204. The molecule has 0 radical (unpaired) electrons. The van der Waals surface area contributed by atoms with Crippen LogP contribution in [0.5, 0.6) is 0 Å². The molecular weight excluding hydrogens is 402 g/mol. The maximum atomic E-state index is 11.6. The average Bonchev–Trinajstić information content (AvgIpc) is 3.00. The predicted octanol–water partition coefficient (Wildman–Crippen LogP) is 3.94. The van der Waals surface area contributed by atoms with Gasteiger partial charge in [-0.05, 0) is 6.42 Å². The van der Waals surface area contributed by atoms with Gasteiger partial charge in [-0.15, -0.1) is 0 Å². The fourth-order valence-electron chi connectivity index (χ4n) is 3.29. The maximum absolute atomic E-state index is 11.6. The number of rotatable bonds is 7. The smallest absolute Gasteiger partial charge is 0.284 e. The van der Waals surface area contributed by atoms with Gasteiger partial charge in [0, 0.05) is 29.8 Å². The number of fused-ring (bicyclic) bond motifs is 3. The molecule has 0 aliphatic heterocycles. The number of non-ortho nitro benzene ring substituents is 2. The van der Waals surface area contributed by atoms with E-state index in [2.05, 4.69) is 4.99 Å². The van der Waals surface area contributed by atoms with Crippen LogP contribution in [-0.4, -0.2) is 31.9 Å². The lowest BCUT2D eigenvalue weighted by Crippen LogP contribution is -2.03. The second-order valence-corrected chi connectivity index (χ2v) is 6.39. The summed E-state index contributed by atoms with van der Waals surface area (Å²) in [6.07, 6.45) is 1.36. The molecule has 0 fully saturated rings. The Hall–Kier alpha value is -4.29. The topological polar surface area (TPSA) is 185 Å². The van der Waals surface area contributed by atoms with E-state index in [0.29, 0.717) is 18.6 Å². The van der Waals surface area contributed by atoms with Crippen LogP contribution in [0, 0.1) is 40.5 Å². The van der Waals surface area contributed by atoms with Crippen molar-refractivity contribution in [2.24, 2.45) is 4.99 Å². The van der Waals surface area contributed by atoms with Crippen molar-refractivity contribution in [2.45, 2.75) is 19.8 Å². The molecule has 3 rings (SSSR count). The second-order valence-electron chi connectivity index (χ2n) is 6.39. The van der Waals surface area contributed by atoms with Gasteiger partial charge in [0.25, 0.3) is 22.7 Å². The van der Waals surface area contributed by atoms with E-state index in [1.165, 1.54) is 0 Å².